The van der Waals surface area contributed by atoms with Crippen LogP contribution in [-0.4, -0.2) is 0 Å². The lowest BCUT2D eigenvalue weighted by molar-refractivity contribution is 0.693. The molecule has 0 aromatic carbocycles. The fourth-order valence-electron chi connectivity index (χ4n) is 1.82. The second-order valence-electron chi connectivity index (χ2n) is 3.64. The van der Waals surface area contributed by atoms with E-state index in [1.54, 1.807) is 0 Å². The largest absolute Gasteiger partial charge is 0.0877 e. The zero-order chi connectivity index (χ0) is 12.2. The molecule has 1 rings (SSSR count). The molecule has 0 heterocycles. The number of rotatable bonds is 3. The molecule has 0 aliphatic heterocycles. The van der Waals surface area contributed by atoms with Crippen molar-refractivity contribution in [1.29, 1.82) is 0 Å². The maximum atomic E-state index is 2.26. The molecule has 0 spiro atoms. The standard InChI is InChI=1S/C14H20.C2H6/c1-3-5-6-10-14-12-8-7-11-13(14)9-4-2;1-2/h3-6,9-10H,7-8,11-12H2,1-2H3;1-2H3/b5-3-,9-4+,10-6-;. The van der Waals surface area contributed by atoms with Crippen LogP contribution in [0.3, 0.4) is 0 Å². The predicted octanol–water partition coefficient (Wildman–Crippen LogP) is 5.59. The molecule has 0 bridgehead atoms. The van der Waals surface area contributed by atoms with Crippen molar-refractivity contribution in [2.75, 3.05) is 0 Å². The van der Waals surface area contributed by atoms with E-state index in [-0.39, 0.29) is 0 Å². The third kappa shape index (κ3) is 5.75. The van der Waals surface area contributed by atoms with Gasteiger partial charge in [-0.1, -0.05) is 50.3 Å². The van der Waals surface area contributed by atoms with Gasteiger partial charge in [0.1, 0.15) is 0 Å². The molecule has 0 heteroatoms. The van der Waals surface area contributed by atoms with Crippen LogP contribution >= 0.6 is 0 Å². The van der Waals surface area contributed by atoms with Gasteiger partial charge in [0.05, 0.1) is 0 Å². The van der Waals surface area contributed by atoms with Gasteiger partial charge in [0.25, 0.3) is 0 Å². The quantitative estimate of drug-likeness (QED) is 0.541. The van der Waals surface area contributed by atoms with Crippen LogP contribution in [0.15, 0.2) is 47.6 Å². The molecule has 0 unspecified atom stereocenters. The lowest BCUT2D eigenvalue weighted by Gasteiger charge is -2.15. The Hall–Kier alpha value is -1.04. The molecular weight excluding hydrogens is 192 g/mol. The summed E-state index contributed by atoms with van der Waals surface area (Å²) in [6.45, 7) is 8.14. The van der Waals surface area contributed by atoms with Crippen molar-refractivity contribution in [3.05, 3.63) is 47.6 Å². The first-order valence-corrected chi connectivity index (χ1v) is 6.52. The highest BCUT2D eigenvalue weighted by Crippen LogP contribution is 2.26. The van der Waals surface area contributed by atoms with Crippen LogP contribution in [0.1, 0.15) is 53.4 Å². The van der Waals surface area contributed by atoms with Crippen molar-refractivity contribution in [3.63, 3.8) is 0 Å². The summed E-state index contributed by atoms with van der Waals surface area (Å²) in [5.41, 5.74) is 3.05. The van der Waals surface area contributed by atoms with Gasteiger partial charge in [-0.3, -0.25) is 0 Å². The van der Waals surface area contributed by atoms with E-state index in [0.29, 0.717) is 0 Å². The molecule has 0 amide bonds. The van der Waals surface area contributed by atoms with Crippen LogP contribution in [0.2, 0.25) is 0 Å². The fourth-order valence-corrected chi connectivity index (χ4v) is 1.82. The highest BCUT2D eigenvalue weighted by Gasteiger charge is 2.07. The molecule has 90 valence electrons. The van der Waals surface area contributed by atoms with E-state index in [1.165, 1.54) is 36.8 Å². The second kappa shape index (κ2) is 10.5. The Bertz CT molecular complexity index is 274. The lowest BCUT2D eigenvalue weighted by Crippen LogP contribution is -1.95. The molecule has 1 aliphatic carbocycles. The monoisotopic (exact) mass is 218 g/mol. The first kappa shape index (κ1) is 15.0. The predicted molar refractivity (Wildman–Crippen MR) is 75.6 cm³/mol. The van der Waals surface area contributed by atoms with E-state index < -0.39 is 0 Å². The van der Waals surface area contributed by atoms with Crippen molar-refractivity contribution in [2.45, 2.75) is 53.4 Å². The normalized spacial score (nSPS) is 17.2. The van der Waals surface area contributed by atoms with Gasteiger partial charge in [-0.05, 0) is 50.7 Å². The van der Waals surface area contributed by atoms with Gasteiger partial charge < -0.3 is 0 Å². The Morgan fingerprint density at radius 1 is 0.750 bits per heavy atom. The van der Waals surface area contributed by atoms with Crippen molar-refractivity contribution in [2.24, 2.45) is 0 Å². The maximum absolute atomic E-state index is 2.26. The lowest BCUT2D eigenvalue weighted by atomic mass is 9.91. The Kier molecular flexibility index (Phi) is 9.80. The first-order chi connectivity index (χ1) is 7.88. The smallest absolute Gasteiger partial charge is 0.0276 e. The minimum Gasteiger partial charge on any atom is -0.0877 e. The summed E-state index contributed by atoms with van der Waals surface area (Å²) in [5.74, 6) is 0. The molecule has 0 saturated carbocycles. The summed E-state index contributed by atoms with van der Waals surface area (Å²) < 4.78 is 0. The highest BCUT2D eigenvalue weighted by molar-refractivity contribution is 5.35. The highest BCUT2D eigenvalue weighted by atomic mass is 14.1. The Labute approximate surface area is 101 Å². The van der Waals surface area contributed by atoms with Gasteiger partial charge in [0.2, 0.25) is 0 Å². The van der Waals surface area contributed by atoms with Gasteiger partial charge in [0.15, 0.2) is 0 Å². The molecule has 0 atom stereocenters. The van der Waals surface area contributed by atoms with Crippen LogP contribution in [0.25, 0.3) is 0 Å². The van der Waals surface area contributed by atoms with Crippen LogP contribution in [0.4, 0.5) is 0 Å². The van der Waals surface area contributed by atoms with Crippen molar-refractivity contribution in [1.82, 2.24) is 0 Å². The minimum absolute atomic E-state index is 1.24. The topological polar surface area (TPSA) is 0 Å². The van der Waals surface area contributed by atoms with Crippen molar-refractivity contribution >= 4 is 0 Å². The number of hydrogen-bond acceptors (Lipinski definition) is 0. The SMILES string of the molecule is C/C=C\C=C/C1=C(/C=C/C)CCCC1.CC. The van der Waals surface area contributed by atoms with E-state index in [1.807, 2.05) is 20.8 Å². The molecule has 0 N–H and O–H groups in total. The third-order valence-electron chi connectivity index (χ3n) is 2.52. The third-order valence-corrected chi connectivity index (χ3v) is 2.52. The summed E-state index contributed by atoms with van der Waals surface area (Å²) in [4.78, 5) is 0. The molecular formula is C16H26. The van der Waals surface area contributed by atoms with E-state index in [4.69, 9.17) is 0 Å². The van der Waals surface area contributed by atoms with E-state index >= 15 is 0 Å². The molecule has 0 aromatic rings. The fraction of sp³-hybridized carbons (Fsp3) is 0.500. The van der Waals surface area contributed by atoms with Gasteiger partial charge in [-0.2, -0.15) is 0 Å². The summed E-state index contributed by atoms with van der Waals surface area (Å²) in [6.07, 6.45) is 18.1. The minimum atomic E-state index is 1.24. The van der Waals surface area contributed by atoms with Crippen LogP contribution in [0, 0.1) is 0 Å². The molecule has 0 saturated heterocycles. The Balaban J connectivity index is 0.00000106. The van der Waals surface area contributed by atoms with E-state index in [9.17, 15) is 0 Å². The van der Waals surface area contributed by atoms with Gasteiger partial charge in [-0.15, -0.1) is 0 Å². The first-order valence-electron chi connectivity index (χ1n) is 6.52. The molecule has 0 aromatic heterocycles. The second-order valence-corrected chi connectivity index (χ2v) is 3.64. The molecule has 0 nitrogen and oxygen atoms in total. The zero-order valence-corrected chi connectivity index (χ0v) is 11.3. The zero-order valence-electron chi connectivity index (χ0n) is 11.3. The summed E-state index contributed by atoms with van der Waals surface area (Å²) in [7, 11) is 0. The molecule has 0 fully saturated rings. The Morgan fingerprint density at radius 2 is 1.31 bits per heavy atom. The number of allylic oxidation sites excluding steroid dienone is 8. The van der Waals surface area contributed by atoms with Gasteiger partial charge >= 0.3 is 0 Å². The number of hydrogen-bond donors (Lipinski definition) is 0. The summed E-state index contributed by atoms with van der Waals surface area (Å²) >= 11 is 0. The van der Waals surface area contributed by atoms with Crippen molar-refractivity contribution in [3.8, 4) is 0 Å². The molecule has 1 aliphatic rings. The van der Waals surface area contributed by atoms with Crippen LogP contribution in [-0.2, 0) is 0 Å². The van der Waals surface area contributed by atoms with Crippen LogP contribution < -0.4 is 0 Å². The Morgan fingerprint density at radius 3 is 1.81 bits per heavy atom. The molecule has 0 radical (unpaired) electrons. The average molecular weight is 218 g/mol. The van der Waals surface area contributed by atoms with E-state index in [2.05, 4.69) is 43.4 Å². The van der Waals surface area contributed by atoms with E-state index in [0.717, 1.165) is 0 Å². The summed E-state index contributed by atoms with van der Waals surface area (Å²) in [5, 5.41) is 0. The van der Waals surface area contributed by atoms with Crippen LogP contribution in [0.5, 0.6) is 0 Å². The average Bonchev–Trinajstić information content (AvgIpc) is 2.35. The van der Waals surface area contributed by atoms with Crippen molar-refractivity contribution < 1.29 is 0 Å². The maximum Gasteiger partial charge on any atom is -0.0276 e. The molecule has 16 heavy (non-hydrogen) atoms. The van der Waals surface area contributed by atoms with Gasteiger partial charge in [-0.25, -0.2) is 0 Å². The van der Waals surface area contributed by atoms with Gasteiger partial charge in [0, 0.05) is 0 Å². The summed E-state index contributed by atoms with van der Waals surface area (Å²) in [6, 6.07) is 0.